The van der Waals surface area contributed by atoms with Gasteiger partial charge in [0.15, 0.2) is 0 Å². The lowest BCUT2D eigenvalue weighted by Gasteiger charge is -2.05. The van der Waals surface area contributed by atoms with Gasteiger partial charge in [-0.05, 0) is 37.8 Å². The third-order valence-electron chi connectivity index (χ3n) is 2.74. The standard InChI is InChI=1S/C14H27N3S/c1-11(2)7-8-14-17-16-13(18-14)6-5-9-15-10-12(3)4/h11-12,15H,5-10H2,1-4H3. The second kappa shape index (κ2) is 8.59. The van der Waals surface area contributed by atoms with Crippen molar-refractivity contribution in [2.24, 2.45) is 11.8 Å². The van der Waals surface area contributed by atoms with E-state index in [1.807, 2.05) is 0 Å². The van der Waals surface area contributed by atoms with Crippen molar-refractivity contribution in [3.63, 3.8) is 0 Å². The van der Waals surface area contributed by atoms with Gasteiger partial charge >= 0.3 is 0 Å². The number of nitrogens with one attached hydrogen (secondary N) is 1. The lowest BCUT2D eigenvalue weighted by atomic mass is 10.1. The summed E-state index contributed by atoms with van der Waals surface area (Å²) >= 11 is 1.79. The Balaban J connectivity index is 2.15. The molecule has 0 aliphatic heterocycles. The third kappa shape index (κ3) is 7.07. The van der Waals surface area contributed by atoms with E-state index < -0.39 is 0 Å². The van der Waals surface area contributed by atoms with Crippen LogP contribution >= 0.6 is 11.3 Å². The zero-order chi connectivity index (χ0) is 13.4. The third-order valence-corrected chi connectivity index (χ3v) is 3.78. The van der Waals surface area contributed by atoms with E-state index in [9.17, 15) is 0 Å². The van der Waals surface area contributed by atoms with Gasteiger partial charge in [-0.2, -0.15) is 0 Å². The quantitative estimate of drug-likeness (QED) is 0.699. The summed E-state index contributed by atoms with van der Waals surface area (Å²) in [5.41, 5.74) is 0. The van der Waals surface area contributed by atoms with Crippen molar-refractivity contribution >= 4 is 11.3 Å². The van der Waals surface area contributed by atoms with Crippen LogP contribution in [0.25, 0.3) is 0 Å². The zero-order valence-corrected chi connectivity index (χ0v) is 13.0. The van der Waals surface area contributed by atoms with Crippen LogP contribution in [0.3, 0.4) is 0 Å². The molecule has 0 aliphatic rings. The van der Waals surface area contributed by atoms with Crippen LogP contribution in [0.2, 0.25) is 0 Å². The summed E-state index contributed by atoms with van der Waals surface area (Å²) in [6.07, 6.45) is 4.52. The largest absolute Gasteiger partial charge is 0.316 e. The minimum Gasteiger partial charge on any atom is -0.316 e. The molecule has 1 aromatic heterocycles. The van der Waals surface area contributed by atoms with Crippen molar-refractivity contribution in [1.82, 2.24) is 15.5 Å². The number of rotatable bonds is 9. The molecule has 0 unspecified atom stereocenters. The highest BCUT2D eigenvalue weighted by molar-refractivity contribution is 7.11. The number of aromatic nitrogens is 2. The van der Waals surface area contributed by atoms with Crippen molar-refractivity contribution in [3.05, 3.63) is 10.0 Å². The van der Waals surface area contributed by atoms with Gasteiger partial charge in [0.1, 0.15) is 10.0 Å². The van der Waals surface area contributed by atoms with Gasteiger partial charge in [0.25, 0.3) is 0 Å². The summed E-state index contributed by atoms with van der Waals surface area (Å²) in [4.78, 5) is 0. The molecule has 4 heteroatoms. The van der Waals surface area contributed by atoms with Gasteiger partial charge in [-0.15, -0.1) is 21.5 Å². The molecule has 0 aromatic carbocycles. The highest BCUT2D eigenvalue weighted by Crippen LogP contribution is 2.15. The Hall–Kier alpha value is -0.480. The van der Waals surface area contributed by atoms with Gasteiger partial charge in [0.05, 0.1) is 0 Å². The van der Waals surface area contributed by atoms with Crippen LogP contribution in [0.15, 0.2) is 0 Å². The Morgan fingerprint density at radius 1 is 1.00 bits per heavy atom. The SMILES string of the molecule is CC(C)CCc1nnc(CCCNCC(C)C)s1. The predicted molar refractivity (Wildman–Crippen MR) is 79.1 cm³/mol. The highest BCUT2D eigenvalue weighted by Gasteiger charge is 2.05. The number of nitrogens with zero attached hydrogens (tertiary/aromatic N) is 2. The van der Waals surface area contributed by atoms with Gasteiger partial charge in [0, 0.05) is 12.8 Å². The molecule has 0 spiro atoms. The molecule has 0 aliphatic carbocycles. The molecule has 104 valence electrons. The highest BCUT2D eigenvalue weighted by atomic mass is 32.1. The molecular weight excluding hydrogens is 242 g/mol. The van der Waals surface area contributed by atoms with Crippen molar-refractivity contribution in [2.75, 3.05) is 13.1 Å². The van der Waals surface area contributed by atoms with Crippen molar-refractivity contribution in [1.29, 1.82) is 0 Å². The number of hydrogen-bond acceptors (Lipinski definition) is 4. The predicted octanol–water partition coefficient (Wildman–Crippen LogP) is 3.30. The molecular formula is C14H27N3S. The van der Waals surface area contributed by atoms with E-state index in [1.165, 1.54) is 16.4 Å². The van der Waals surface area contributed by atoms with Crippen LogP contribution in [-0.4, -0.2) is 23.3 Å². The topological polar surface area (TPSA) is 37.8 Å². The second-order valence-electron chi connectivity index (χ2n) is 5.72. The Kier molecular flexibility index (Phi) is 7.44. The van der Waals surface area contributed by atoms with E-state index in [-0.39, 0.29) is 0 Å². The second-order valence-corrected chi connectivity index (χ2v) is 6.87. The average molecular weight is 269 g/mol. The summed E-state index contributed by atoms with van der Waals surface area (Å²) in [7, 11) is 0. The fourth-order valence-corrected chi connectivity index (χ4v) is 2.56. The Bertz CT molecular complexity index is 321. The molecule has 0 atom stereocenters. The van der Waals surface area contributed by atoms with Crippen LogP contribution in [0.5, 0.6) is 0 Å². The molecule has 0 amide bonds. The minimum atomic E-state index is 0.731. The Morgan fingerprint density at radius 2 is 1.67 bits per heavy atom. The van der Waals surface area contributed by atoms with E-state index >= 15 is 0 Å². The van der Waals surface area contributed by atoms with E-state index in [4.69, 9.17) is 0 Å². The average Bonchev–Trinajstić information content (AvgIpc) is 2.73. The first-order valence-corrected chi connectivity index (χ1v) is 7.91. The Morgan fingerprint density at radius 3 is 2.28 bits per heavy atom. The van der Waals surface area contributed by atoms with Crippen LogP contribution < -0.4 is 5.32 Å². The van der Waals surface area contributed by atoms with Crippen molar-refractivity contribution < 1.29 is 0 Å². The smallest absolute Gasteiger partial charge is 0.117 e. The van der Waals surface area contributed by atoms with E-state index in [0.717, 1.165) is 44.2 Å². The van der Waals surface area contributed by atoms with Crippen LogP contribution in [0.1, 0.15) is 50.6 Å². The molecule has 18 heavy (non-hydrogen) atoms. The van der Waals surface area contributed by atoms with E-state index in [1.54, 1.807) is 11.3 Å². The first kappa shape index (κ1) is 15.6. The molecule has 0 fully saturated rings. The van der Waals surface area contributed by atoms with Crippen molar-refractivity contribution in [3.8, 4) is 0 Å². The van der Waals surface area contributed by atoms with Crippen molar-refractivity contribution in [2.45, 2.75) is 53.4 Å². The minimum absolute atomic E-state index is 0.731. The number of aryl methyl sites for hydroxylation is 2. The monoisotopic (exact) mass is 269 g/mol. The summed E-state index contributed by atoms with van der Waals surface area (Å²) in [6, 6.07) is 0. The Labute approximate surface area is 115 Å². The van der Waals surface area contributed by atoms with Gasteiger partial charge in [-0.3, -0.25) is 0 Å². The van der Waals surface area contributed by atoms with Gasteiger partial charge in [0.2, 0.25) is 0 Å². The maximum atomic E-state index is 4.27. The van der Waals surface area contributed by atoms with Crippen LogP contribution in [0, 0.1) is 11.8 Å². The molecule has 0 radical (unpaired) electrons. The molecule has 1 rings (SSSR count). The summed E-state index contributed by atoms with van der Waals surface area (Å²) in [6.45, 7) is 11.2. The van der Waals surface area contributed by atoms with Gasteiger partial charge < -0.3 is 5.32 Å². The van der Waals surface area contributed by atoms with Gasteiger partial charge in [-0.25, -0.2) is 0 Å². The van der Waals surface area contributed by atoms with E-state index in [0.29, 0.717) is 0 Å². The van der Waals surface area contributed by atoms with E-state index in [2.05, 4.69) is 43.2 Å². The van der Waals surface area contributed by atoms with Gasteiger partial charge in [-0.1, -0.05) is 27.7 Å². The summed E-state index contributed by atoms with van der Waals surface area (Å²) in [5, 5.41) is 14.4. The summed E-state index contributed by atoms with van der Waals surface area (Å²) < 4.78 is 0. The normalized spacial score (nSPS) is 11.7. The van der Waals surface area contributed by atoms with Crippen LogP contribution in [-0.2, 0) is 12.8 Å². The fraction of sp³-hybridized carbons (Fsp3) is 0.857. The molecule has 0 saturated heterocycles. The maximum Gasteiger partial charge on any atom is 0.117 e. The first-order valence-electron chi connectivity index (χ1n) is 7.10. The zero-order valence-electron chi connectivity index (χ0n) is 12.2. The lowest BCUT2D eigenvalue weighted by Crippen LogP contribution is -2.21. The molecule has 1 heterocycles. The first-order chi connectivity index (χ1) is 8.58. The fourth-order valence-electron chi connectivity index (χ4n) is 1.66. The summed E-state index contributed by atoms with van der Waals surface area (Å²) in [5.74, 6) is 1.48. The molecule has 0 saturated carbocycles. The maximum absolute atomic E-state index is 4.27. The molecule has 3 nitrogen and oxygen atoms in total. The molecule has 1 N–H and O–H groups in total. The molecule has 1 aromatic rings. The van der Waals surface area contributed by atoms with Crippen LogP contribution in [0.4, 0.5) is 0 Å². The molecule has 0 bridgehead atoms. The number of hydrogen-bond donors (Lipinski definition) is 1. The lowest BCUT2D eigenvalue weighted by molar-refractivity contribution is 0.542.